The summed E-state index contributed by atoms with van der Waals surface area (Å²) in [4.78, 5) is 24.4. The summed E-state index contributed by atoms with van der Waals surface area (Å²) in [6, 6.07) is 15.6. The van der Waals surface area contributed by atoms with E-state index in [1.54, 1.807) is 24.3 Å². The first-order valence-corrected chi connectivity index (χ1v) is 7.94. The summed E-state index contributed by atoms with van der Waals surface area (Å²) in [6.45, 7) is 1.39. The minimum atomic E-state index is -1.13. The van der Waals surface area contributed by atoms with Crippen LogP contribution >= 0.6 is 0 Å². The van der Waals surface area contributed by atoms with Crippen molar-refractivity contribution >= 4 is 28.3 Å². The van der Waals surface area contributed by atoms with Gasteiger partial charge in [0.2, 0.25) is 0 Å². The maximum Gasteiger partial charge on any atom is 0.342 e. The van der Waals surface area contributed by atoms with Crippen molar-refractivity contribution in [2.45, 2.75) is 13.0 Å². The number of phenols is 1. The normalized spacial score (nSPS) is 11.8. The van der Waals surface area contributed by atoms with E-state index in [0.29, 0.717) is 5.39 Å². The molecule has 26 heavy (non-hydrogen) atoms. The minimum absolute atomic E-state index is 0.0332. The molecule has 0 radical (unpaired) electrons. The molecule has 0 saturated heterocycles. The van der Waals surface area contributed by atoms with Gasteiger partial charge in [-0.25, -0.2) is 9.18 Å². The van der Waals surface area contributed by atoms with Crippen LogP contribution in [0.1, 0.15) is 17.3 Å². The molecule has 0 saturated carbocycles. The van der Waals surface area contributed by atoms with Crippen molar-refractivity contribution in [1.82, 2.24) is 0 Å². The van der Waals surface area contributed by atoms with E-state index < -0.39 is 23.8 Å². The van der Waals surface area contributed by atoms with E-state index in [9.17, 15) is 19.1 Å². The number of benzene rings is 3. The molecule has 2 N–H and O–H groups in total. The van der Waals surface area contributed by atoms with Crippen LogP contribution in [0.2, 0.25) is 0 Å². The predicted molar refractivity (Wildman–Crippen MR) is 95.5 cm³/mol. The lowest BCUT2D eigenvalue weighted by atomic mass is 10.1. The summed E-state index contributed by atoms with van der Waals surface area (Å²) in [7, 11) is 0. The van der Waals surface area contributed by atoms with Crippen LogP contribution in [0.4, 0.5) is 10.1 Å². The number of anilines is 1. The van der Waals surface area contributed by atoms with Crippen molar-refractivity contribution < 1.29 is 23.8 Å². The number of rotatable bonds is 4. The smallest absolute Gasteiger partial charge is 0.342 e. The molecule has 1 amide bonds. The van der Waals surface area contributed by atoms with Crippen molar-refractivity contribution in [2.24, 2.45) is 0 Å². The van der Waals surface area contributed by atoms with Crippen molar-refractivity contribution in [1.29, 1.82) is 0 Å². The van der Waals surface area contributed by atoms with Crippen LogP contribution < -0.4 is 5.32 Å². The Labute approximate surface area is 149 Å². The Morgan fingerprint density at radius 3 is 2.62 bits per heavy atom. The number of phenolic OH excluding ortho intramolecular Hbond substituents is 1. The first kappa shape index (κ1) is 17.4. The van der Waals surface area contributed by atoms with Crippen LogP contribution in [-0.4, -0.2) is 23.1 Å². The molecule has 132 valence electrons. The summed E-state index contributed by atoms with van der Waals surface area (Å²) in [5.41, 5.74) is 0.223. The fraction of sp³-hybridized carbons (Fsp3) is 0.100. The van der Waals surface area contributed by atoms with E-state index in [1.165, 1.54) is 31.2 Å². The zero-order chi connectivity index (χ0) is 18.7. The van der Waals surface area contributed by atoms with Crippen molar-refractivity contribution in [2.75, 3.05) is 5.32 Å². The molecule has 0 unspecified atom stereocenters. The number of carbonyl (C=O) groups is 2. The number of hydrogen-bond donors (Lipinski definition) is 2. The van der Waals surface area contributed by atoms with Crippen LogP contribution in [0.5, 0.6) is 5.75 Å². The number of aromatic hydroxyl groups is 1. The molecule has 6 heteroatoms. The minimum Gasteiger partial charge on any atom is -0.506 e. The first-order valence-electron chi connectivity index (χ1n) is 7.94. The molecule has 0 aromatic heterocycles. The van der Waals surface area contributed by atoms with Gasteiger partial charge in [-0.1, -0.05) is 36.4 Å². The Morgan fingerprint density at radius 2 is 1.85 bits per heavy atom. The Morgan fingerprint density at radius 1 is 1.08 bits per heavy atom. The van der Waals surface area contributed by atoms with Crippen LogP contribution in [0, 0.1) is 5.82 Å². The summed E-state index contributed by atoms with van der Waals surface area (Å²) < 4.78 is 18.3. The third-order valence-electron chi connectivity index (χ3n) is 3.87. The quantitative estimate of drug-likeness (QED) is 0.698. The van der Waals surface area contributed by atoms with Crippen molar-refractivity contribution in [3.63, 3.8) is 0 Å². The van der Waals surface area contributed by atoms with Gasteiger partial charge >= 0.3 is 5.97 Å². The highest BCUT2D eigenvalue weighted by molar-refractivity contribution is 6.02. The fourth-order valence-corrected chi connectivity index (χ4v) is 2.51. The third kappa shape index (κ3) is 3.64. The number of hydrogen-bond acceptors (Lipinski definition) is 4. The standard InChI is InChI=1S/C20H16FNO4/c1-12(19(24)22-15-7-4-6-14(21)11-15)26-20(25)17-10-9-13-5-2-3-8-16(13)18(17)23/h2-12,23H,1H3,(H,22,24)/t12-/m0/s1. The van der Waals surface area contributed by atoms with Crippen LogP contribution in [0.25, 0.3) is 10.8 Å². The molecule has 3 aromatic carbocycles. The van der Waals surface area contributed by atoms with Gasteiger partial charge in [-0.05, 0) is 36.6 Å². The maximum atomic E-state index is 13.2. The molecule has 0 bridgehead atoms. The Bertz CT molecular complexity index is 986. The molecule has 5 nitrogen and oxygen atoms in total. The highest BCUT2D eigenvalue weighted by Crippen LogP contribution is 2.29. The number of nitrogens with one attached hydrogen (secondary N) is 1. The zero-order valence-electron chi connectivity index (χ0n) is 13.9. The molecular formula is C20H16FNO4. The van der Waals surface area contributed by atoms with E-state index in [-0.39, 0.29) is 17.0 Å². The van der Waals surface area contributed by atoms with E-state index in [0.717, 1.165) is 11.5 Å². The van der Waals surface area contributed by atoms with E-state index in [2.05, 4.69) is 5.32 Å². The molecular weight excluding hydrogens is 337 g/mol. The van der Waals surface area contributed by atoms with Gasteiger partial charge in [0.1, 0.15) is 17.1 Å². The molecule has 0 fully saturated rings. The molecule has 0 aliphatic heterocycles. The Hall–Kier alpha value is -3.41. The van der Waals surface area contributed by atoms with Gasteiger partial charge in [0, 0.05) is 11.1 Å². The molecule has 0 spiro atoms. The maximum absolute atomic E-state index is 13.2. The number of halogens is 1. The van der Waals surface area contributed by atoms with E-state index >= 15 is 0 Å². The van der Waals surface area contributed by atoms with Gasteiger partial charge in [-0.2, -0.15) is 0 Å². The van der Waals surface area contributed by atoms with Crippen LogP contribution in [0.15, 0.2) is 60.7 Å². The first-order chi connectivity index (χ1) is 12.5. The average Bonchev–Trinajstić information content (AvgIpc) is 2.62. The van der Waals surface area contributed by atoms with Crippen LogP contribution in [-0.2, 0) is 9.53 Å². The van der Waals surface area contributed by atoms with Crippen molar-refractivity contribution in [3.8, 4) is 5.75 Å². The van der Waals surface area contributed by atoms with Gasteiger partial charge in [0.25, 0.3) is 5.91 Å². The van der Waals surface area contributed by atoms with E-state index in [1.807, 2.05) is 6.07 Å². The van der Waals surface area contributed by atoms with Gasteiger partial charge in [-0.3, -0.25) is 4.79 Å². The molecule has 0 heterocycles. The second-order valence-corrected chi connectivity index (χ2v) is 5.73. The second kappa shape index (κ2) is 7.23. The highest BCUT2D eigenvalue weighted by Gasteiger charge is 2.22. The van der Waals surface area contributed by atoms with Gasteiger partial charge in [-0.15, -0.1) is 0 Å². The van der Waals surface area contributed by atoms with Gasteiger partial charge in [0.05, 0.1) is 0 Å². The number of ether oxygens (including phenoxy) is 1. The lowest BCUT2D eigenvalue weighted by Crippen LogP contribution is -2.30. The number of amides is 1. The van der Waals surface area contributed by atoms with Gasteiger partial charge in [0.15, 0.2) is 6.10 Å². The number of esters is 1. The lowest BCUT2D eigenvalue weighted by Gasteiger charge is -2.14. The second-order valence-electron chi connectivity index (χ2n) is 5.73. The highest BCUT2D eigenvalue weighted by atomic mass is 19.1. The molecule has 0 aliphatic rings. The van der Waals surface area contributed by atoms with E-state index in [4.69, 9.17) is 4.74 Å². The fourth-order valence-electron chi connectivity index (χ4n) is 2.51. The topological polar surface area (TPSA) is 75.6 Å². The van der Waals surface area contributed by atoms with Crippen molar-refractivity contribution in [3.05, 3.63) is 72.0 Å². The summed E-state index contributed by atoms with van der Waals surface area (Å²) in [5, 5.41) is 14.0. The zero-order valence-corrected chi connectivity index (χ0v) is 13.9. The average molecular weight is 353 g/mol. The molecule has 3 aromatic rings. The lowest BCUT2D eigenvalue weighted by molar-refractivity contribution is -0.123. The molecule has 3 rings (SSSR count). The molecule has 0 aliphatic carbocycles. The summed E-state index contributed by atoms with van der Waals surface area (Å²) in [5.74, 6) is -2.13. The molecule has 1 atom stereocenters. The Kier molecular flexibility index (Phi) is 4.84. The monoisotopic (exact) mass is 353 g/mol. The SMILES string of the molecule is C[C@H](OC(=O)c1ccc2ccccc2c1O)C(=O)Nc1cccc(F)c1. The predicted octanol–water partition coefficient (Wildman–Crippen LogP) is 3.87. The number of fused-ring (bicyclic) bond motifs is 1. The summed E-state index contributed by atoms with van der Waals surface area (Å²) >= 11 is 0. The van der Waals surface area contributed by atoms with Crippen LogP contribution in [0.3, 0.4) is 0 Å². The largest absolute Gasteiger partial charge is 0.506 e. The number of carbonyl (C=O) groups excluding carboxylic acids is 2. The van der Waals surface area contributed by atoms with Gasteiger partial charge < -0.3 is 15.2 Å². The Balaban J connectivity index is 1.73. The third-order valence-corrected chi connectivity index (χ3v) is 3.87. The summed E-state index contributed by atoms with van der Waals surface area (Å²) in [6.07, 6.45) is -1.13.